The molecule has 130 valence electrons. The normalized spacial score (nSPS) is 18.3. The highest BCUT2D eigenvalue weighted by Crippen LogP contribution is 2.43. The molecule has 1 fully saturated rings. The average Bonchev–Trinajstić information content (AvgIpc) is 2.59. The summed E-state index contributed by atoms with van der Waals surface area (Å²) in [6.45, 7) is 16.0. The maximum absolute atomic E-state index is 4.07. The molecular weight excluding hydrogens is 280 g/mol. The number of hydrogen-bond donors (Lipinski definition) is 1. The molecule has 0 saturated heterocycles. The van der Waals surface area contributed by atoms with E-state index in [1.54, 1.807) is 0 Å². The highest BCUT2D eigenvalue weighted by atomic mass is 14.8. The van der Waals surface area contributed by atoms with Crippen LogP contribution in [0.4, 0.5) is 0 Å². The third-order valence-corrected chi connectivity index (χ3v) is 4.46. The summed E-state index contributed by atoms with van der Waals surface area (Å²) < 4.78 is 0. The van der Waals surface area contributed by atoms with Crippen molar-refractivity contribution in [3.05, 3.63) is 49.9 Å². The zero-order chi connectivity index (χ0) is 17.6. The van der Waals surface area contributed by atoms with Gasteiger partial charge >= 0.3 is 0 Å². The first-order chi connectivity index (χ1) is 11.1. The molecule has 0 spiro atoms. The van der Waals surface area contributed by atoms with E-state index >= 15 is 0 Å². The van der Waals surface area contributed by atoms with Gasteiger partial charge in [0.1, 0.15) is 0 Å². The lowest BCUT2D eigenvalue weighted by molar-refractivity contribution is 0.188. The molecular formula is C21H36N2. The molecule has 1 aliphatic carbocycles. The van der Waals surface area contributed by atoms with E-state index in [1.165, 1.54) is 44.2 Å². The number of rotatable bonds is 5. The fourth-order valence-corrected chi connectivity index (χ4v) is 3.23. The first kappa shape index (κ1) is 21.4. The standard InChI is InChI=1S/C13H23N.C6H9N.C2H4/c1-4-8-13(11-12(2)14-3)9-6-5-7-10-13;1-6-4-2-3-5-7-6;1-2/h4,14H,1-2,5-11H2,3H3;4-5H,2-3H2,1H3;1-2H2. The molecule has 2 heteroatoms. The minimum absolute atomic E-state index is 0.472. The SMILES string of the molecule is C=C.C=CCC1(CC(=C)NC)CCCCC1.CC1=CCCC=N1. The third kappa shape index (κ3) is 9.22. The van der Waals surface area contributed by atoms with Crippen LogP contribution >= 0.6 is 0 Å². The van der Waals surface area contributed by atoms with Crippen LogP contribution in [0.15, 0.2) is 54.9 Å². The van der Waals surface area contributed by atoms with Gasteiger partial charge in [-0.05, 0) is 50.9 Å². The minimum Gasteiger partial charge on any atom is -0.392 e. The van der Waals surface area contributed by atoms with E-state index in [0.29, 0.717) is 5.41 Å². The average molecular weight is 317 g/mol. The van der Waals surface area contributed by atoms with Gasteiger partial charge in [-0.2, -0.15) is 0 Å². The van der Waals surface area contributed by atoms with Crippen molar-refractivity contribution in [1.82, 2.24) is 5.32 Å². The number of nitrogens with zero attached hydrogens (tertiary/aromatic N) is 1. The van der Waals surface area contributed by atoms with Gasteiger partial charge in [-0.1, -0.05) is 38.0 Å². The van der Waals surface area contributed by atoms with Crippen molar-refractivity contribution in [1.29, 1.82) is 0 Å². The predicted octanol–water partition coefficient (Wildman–Crippen LogP) is 6.19. The van der Waals surface area contributed by atoms with E-state index in [2.05, 4.69) is 48.8 Å². The van der Waals surface area contributed by atoms with Crippen LogP contribution in [0, 0.1) is 5.41 Å². The van der Waals surface area contributed by atoms with E-state index in [9.17, 15) is 0 Å². The van der Waals surface area contributed by atoms with E-state index in [-0.39, 0.29) is 0 Å². The fraction of sp³-hybridized carbons (Fsp3) is 0.571. The van der Waals surface area contributed by atoms with Crippen LogP contribution in [0.2, 0.25) is 0 Å². The van der Waals surface area contributed by atoms with Gasteiger partial charge in [-0.15, -0.1) is 19.7 Å². The molecule has 0 bridgehead atoms. The Morgan fingerprint density at radius 3 is 2.30 bits per heavy atom. The summed E-state index contributed by atoms with van der Waals surface area (Å²) >= 11 is 0. The van der Waals surface area contributed by atoms with Gasteiger partial charge in [-0.25, -0.2) is 0 Å². The molecule has 0 radical (unpaired) electrons. The molecule has 1 heterocycles. The second-order valence-electron chi connectivity index (χ2n) is 6.32. The Hall–Kier alpha value is -1.57. The van der Waals surface area contributed by atoms with Gasteiger partial charge in [0.2, 0.25) is 0 Å². The molecule has 0 unspecified atom stereocenters. The molecule has 0 aromatic heterocycles. The van der Waals surface area contributed by atoms with Gasteiger partial charge in [-0.3, -0.25) is 4.99 Å². The van der Waals surface area contributed by atoms with Crippen LogP contribution in [-0.4, -0.2) is 13.3 Å². The van der Waals surface area contributed by atoms with Crippen molar-refractivity contribution in [3.8, 4) is 0 Å². The van der Waals surface area contributed by atoms with Crippen LogP contribution in [-0.2, 0) is 0 Å². The number of nitrogens with one attached hydrogen (secondary N) is 1. The molecule has 0 aromatic rings. The van der Waals surface area contributed by atoms with Crippen LogP contribution < -0.4 is 5.32 Å². The van der Waals surface area contributed by atoms with Crippen LogP contribution in [0.5, 0.6) is 0 Å². The van der Waals surface area contributed by atoms with E-state index < -0.39 is 0 Å². The molecule has 2 rings (SSSR count). The Kier molecular flexibility index (Phi) is 12.0. The molecule has 1 N–H and O–H groups in total. The van der Waals surface area contributed by atoms with Gasteiger partial charge in [0.15, 0.2) is 0 Å². The summed E-state index contributed by atoms with van der Waals surface area (Å²) in [5.41, 5.74) is 2.81. The zero-order valence-electron chi connectivity index (χ0n) is 15.4. The molecule has 23 heavy (non-hydrogen) atoms. The van der Waals surface area contributed by atoms with E-state index in [1.807, 2.05) is 20.2 Å². The van der Waals surface area contributed by atoms with Gasteiger partial charge in [0, 0.05) is 24.7 Å². The van der Waals surface area contributed by atoms with Crippen LogP contribution in [0.25, 0.3) is 0 Å². The summed E-state index contributed by atoms with van der Waals surface area (Å²) in [5, 5.41) is 3.17. The minimum atomic E-state index is 0.472. The van der Waals surface area contributed by atoms with Gasteiger partial charge in [0.05, 0.1) is 0 Å². The molecule has 0 atom stereocenters. The first-order valence-corrected chi connectivity index (χ1v) is 8.77. The summed E-state index contributed by atoms with van der Waals surface area (Å²) in [5.74, 6) is 0. The number of aliphatic imine (C=N–C) groups is 1. The van der Waals surface area contributed by atoms with Crippen LogP contribution in [0.1, 0.15) is 64.7 Å². The van der Waals surface area contributed by atoms with Crippen molar-refractivity contribution in [2.24, 2.45) is 10.4 Å². The predicted molar refractivity (Wildman–Crippen MR) is 106 cm³/mol. The molecule has 0 amide bonds. The molecule has 1 saturated carbocycles. The summed E-state index contributed by atoms with van der Waals surface area (Å²) in [7, 11) is 1.97. The smallest absolute Gasteiger partial charge is 0.0329 e. The Balaban J connectivity index is 0.000000449. The zero-order valence-corrected chi connectivity index (χ0v) is 15.4. The first-order valence-electron chi connectivity index (χ1n) is 8.77. The lowest BCUT2D eigenvalue weighted by Crippen LogP contribution is -2.26. The highest BCUT2D eigenvalue weighted by Gasteiger charge is 2.30. The molecule has 0 aromatic carbocycles. The van der Waals surface area contributed by atoms with Crippen LogP contribution in [0.3, 0.4) is 0 Å². The van der Waals surface area contributed by atoms with Crippen molar-refractivity contribution >= 4 is 6.21 Å². The second-order valence-corrected chi connectivity index (χ2v) is 6.32. The quantitative estimate of drug-likeness (QED) is 0.600. The molecule has 2 nitrogen and oxygen atoms in total. The summed E-state index contributed by atoms with van der Waals surface area (Å²) in [4.78, 5) is 4.07. The van der Waals surface area contributed by atoms with E-state index in [0.717, 1.165) is 25.0 Å². The number of hydrogen-bond acceptors (Lipinski definition) is 2. The highest BCUT2D eigenvalue weighted by molar-refractivity contribution is 5.60. The molecule has 2 aliphatic rings. The third-order valence-electron chi connectivity index (χ3n) is 4.46. The van der Waals surface area contributed by atoms with Crippen molar-refractivity contribution in [3.63, 3.8) is 0 Å². The van der Waals surface area contributed by atoms with Crippen molar-refractivity contribution in [2.45, 2.75) is 64.7 Å². The largest absolute Gasteiger partial charge is 0.392 e. The fourth-order valence-electron chi connectivity index (χ4n) is 3.23. The Labute approximate surface area is 144 Å². The van der Waals surface area contributed by atoms with Gasteiger partial charge in [0.25, 0.3) is 0 Å². The Morgan fingerprint density at radius 1 is 1.26 bits per heavy atom. The Morgan fingerprint density at radius 2 is 1.91 bits per heavy atom. The topological polar surface area (TPSA) is 24.4 Å². The van der Waals surface area contributed by atoms with Gasteiger partial charge < -0.3 is 5.32 Å². The Bertz CT molecular complexity index is 398. The maximum atomic E-state index is 4.07. The van der Waals surface area contributed by atoms with Crippen molar-refractivity contribution < 1.29 is 0 Å². The summed E-state index contributed by atoms with van der Waals surface area (Å²) in [6, 6.07) is 0. The van der Waals surface area contributed by atoms with Crippen molar-refractivity contribution in [2.75, 3.05) is 7.05 Å². The lowest BCUT2D eigenvalue weighted by Gasteiger charge is -2.37. The monoisotopic (exact) mass is 316 g/mol. The van der Waals surface area contributed by atoms with E-state index in [4.69, 9.17) is 0 Å². The molecule has 1 aliphatic heterocycles. The second kappa shape index (κ2) is 12.9. The summed E-state index contributed by atoms with van der Waals surface area (Å²) in [6.07, 6.45) is 17.6. The lowest BCUT2D eigenvalue weighted by atomic mass is 9.69. The number of allylic oxidation sites excluding steroid dienone is 4. The maximum Gasteiger partial charge on any atom is 0.0329 e.